The first-order chi connectivity index (χ1) is 8.93. The molecule has 0 aliphatic carbocycles. The number of rotatable bonds is 4. The Kier molecular flexibility index (Phi) is 5.72. The van der Waals surface area contributed by atoms with Gasteiger partial charge in [0.1, 0.15) is 5.84 Å². The highest BCUT2D eigenvalue weighted by Gasteiger charge is 2.11. The molecule has 19 heavy (non-hydrogen) atoms. The van der Waals surface area contributed by atoms with Crippen LogP contribution in [0.25, 0.3) is 0 Å². The molecule has 0 aliphatic heterocycles. The molecule has 0 bridgehead atoms. The summed E-state index contributed by atoms with van der Waals surface area (Å²) in [5.74, 6) is 0.0560. The maximum Gasteiger partial charge on any atom is 0.321 e. The minimum Gasteiger partial charge on any atom is -0.409 e. The number of anilines is 1. The Hall–Kier alpha value is -1.66. The van der Waals surface area contributed by atoms with Crippen molar-refractivity contribution in [3.63, 3.8) is 0 Å². The minimum atomic E-state index is -0.366. The number of urea groups is 1. The second-order valence-electron chi connectivity index (χ2n) is 3.82. The van der Waals surface area contributed by atoms with Crippen LogP contribution in [0.15, 0.2) is 23.4 Å². The van der Waals surface area contributed by atoms with E-state index >= 15 is 0 Å². The third kappa shape index (κ3) is 4.84. The van der Waals surface area contributed by atoms with Crippen molar-refractivity contribution in [2.24, 2.45) is 10.9 Å². The van der Waals surface area contributed by atoms with Crippen molar-refractivity contribution in [1.29, 1.82) is 0 Å². The van der Waals surface area contributed by atoms with Gasteiger partial charge in [0.25, 0.3) is 0 Å². The van der Waals surface area contributed by atoms with Gasteiger partial charge < -0.3 is 21.2 Å². The fourth-order valence-electron chi connectivity index (χ4n) is 1.24. The molecule has 2 amide bonds. The van der Waals surface area contributed by atoms with E-state index in [-0.39, 0.29) is 18.3 Å². The van der Waals surface area contributed by atoms with Gasteiger partial charge in [0.05, 0.1) is 10.7 Å². The van der Waals surface area contributed by atoms with E-state index in [0.717, 1.165) is 0 Å². The molecular formula is C11H14Cl2N4O2. The second-order valence-corrected chi connectivity index (χ2v) is 4.66. The SMILES string of the molecule is CN(CC/C(N)=N/O)C(=O)Nc1cc(Cl)ccc1Cl. The first-order valence-corrected chi connectivity index (χ1v) is 6.13. The molecule has 0 fully saturated rings. The lowest BCUT2D eigenvalue weighted by molar-refractivity contribution is 0.223. The molecule has 1 rings (SSSR count). The average Bonchev–Trinajstić information content (AvgIpc) is 2.39. The topological polar surface area (TPSA) is 90.9 Å². The number of amidine groups is 1. The zero-order valence-electron chi connectivity index (χ0n) is 10.2. The summed E-state index contributed by atoms with van der Waals surface area (Å²) >= 11 is 11.7. The number of halogens is 2. The molecule has 1 aromatic rings. The second kappa shape index (κ2) is 7.06. The van der Waals surface area contributed by atoms with Crippen molar-refractivity contribution in [3.8, 4) is 0 Å². The number of carbonyl (C=O) groups excluding carboxylic acids is 1. The van der Waals surface area contributed by atoms with Gasteiger partial charge in [-0.3, -0.25) is 0 Å². The van der Waals surface area contributed by atoms with E-state index in [4.69, 9.17) is 34.1 Å². The van der Waals surface area contributed by atoms with E-state index in [9.17, 15) is 4.79 Å². The summed E-state index contributed by atoms with van der Waals surface area (Å²) in [5.41, 5.74) is 5.75. The number of nitrogens with one attached hydrogen (secondary N) is 1. The fraction of sp³-hybridized carbons (Fsp3) is 0.273. The van der Waals surface area contributed by atoms with Crippen LogP contribution in [0, 0.1) is 0 Å². The summed E-state index contributed by atoms with van der Waals surface area (Å²) in [5, 5.41) is 14.7. The average molecular weight is 305 g/mol. The highest BCUT2D eigenvalue weighted by Crippen LogP contribution is 2.25. The van der Waals surface area contributed by atoms with Gasteiger partial charge in [-0.2, -0.15) is 0 Å². The molecule has 0 heterocycles. The Labute approximate surface area is 120 Å². The standard InChI is InChI=1S/C11H14Cl2N4O2/c1-17(5-4-10(14)16-19)11(18)15-9-6-7(12)2-3-8(9)13/h2-3,6,19H,4-5H2,1H3,(H2,14,16)(H,15,18). The van der Waals surface area contributed by atoms with Gasteiger partial charge >= 0.3 is 6.03 Å². The Balaban J connectivity index is 2.61. The molecule has 1 aromatic carbocycles. The first-order valence-electron chi connectivity index (χ1n) is 5.37. The van der Waals surface area contributed by atoms with E-state index in [2.05, 4.69) is 10.5 Å². The lowest BCUT2D eigenvalue weighted by Gasteiger charge is -2.18. The fourth-order valence-corrected chi connectivity index (χ4v) is 1.57. The highest BCUT2D eigenvalue weighted by atomic mass is 35.5. The smallest absolute Gasteiger partial charge is 0.321 e. The number of nitrogens with zero attached hydrogens (tertiary/aromatic N) is 2. The Morgan fingerprint density at radius 3 is 2.84 bits per heavy atom. The van der Waals surface area contributed by atoms with Crippen LogP contribution in [0.4, 0.5) is 10.5 Å². The van der Waals surface area contributed by atoms with Gasteiger partial charge in [-0.05, 0) is 18.2 Å². The lowest BCUT2D eigenvalue weighted by Crippen LogP contribution is -2.34. The van der Waals surface area contributed by atoms with Gasteiger partial charge in [-0.1, -0.05) is 28.4 Å². The van der Waals surface area contributed by atoms with E-state index in [1.807, 2.05) is 0 Å². The largest absolute Gasteiger partial charge is 0.409 e. The van der Waals surface area contributed by atoms with Crippen LogP contribution in [0.2, 0.25) is 10.0 Å². The van der Waals surface area contributed by atoms with Crippen molar-refractivity contribution >= 4 is 40.8 Å². The summed E-state index contributed by atoms with van der Waals surface area (Å²) in [6.45, 7) is 0.305. The Morgan fingerprint density at radius 2 is 2.21 bits per heavy atom. The molecule has 0 radical (unpaired) electrons. The van der Waals surface area contributed by atoms with E-state index in [0.29, 0.717) is 22.3 Å². The van der Waals surface area contributed by atoms with Crippen molar-refractivity contribution in [2.45, 2.75) is 6.42 Å². The highest BCUT2D eigenvalue weighted by molar-refractivity contribution is 6.35. The summed E-state index contributed by atoms with van der Waals surface area (Å²) in [4.78, 5) is 13.2. The lowest BCUT2D eigenvalue weighted by atomic mass is 10.3. The quantitative estimate of drug-likeness (QED) is 0.345. The monoisotopic (exact) mass is 304 g/mol. The van der Waals surface area contributed by atoms with E-state index in [1.165, 1.54) is 4.90 Å². The summed E-state index contributed by atoms with van der Waals surface area (Å²) < 4.78 is 0. The third-order valence-corrected chi connectivity index (χ3v) is 2.91. The van der Waals surface area contributed by atoms with Crippen molar-refractivity contribution in [3.05, 3.63) is 28.2 Å². The maximum atomic E-state index is 11.8. The number of hydrogen-bond donors (Lipinski definition) is 3. The van der Waals surface area contributed by atoms with Crippen LogP contribution in [0.1, 0.15) is 6.42 Å². The molecule has 4 N–H and O–H groups in total. The van der Waals surface area contributed by atoms with Crippen molar-refractivity contribution < 1.29 is 10.0 Å². The Bertz CT molecular complexity index is 494. The van der Waals surface area contributed by atoms with E-state index < -0.39 is 0 Å². The zero-order valence-corrected chi connectivity index (χ0v) is 11.7. The van der Waals surface area contributed by atoms with Gasteiger partial charge in [-0.25, -0.2) is 4.79 Å². The van der Waals surface area contributed by atoms with Gasteiger partial charge in [0.2, 0.25) is 0 Å². The van der Waals surface area contributed by atoms with Crippen LogP contribution >= 0.6 is 23.2 Å². The summed E-state index contributed by atoms with van der Waals surface area (Å²) in [6.07, 6.45) is 0.268. The molecule has 0 unspecified atom stereocenters. The first kappa shape index (κ1) is 15.4. The number of carbonyl (C=O) groups is 1. The summed E-state index contributed by atoms with van der Waals surface area (Å²) in [7, 11) is 1.58. The van der Waals surface area contributed by atoms with Gasteiger partial charge in [-0.15, -0.1) is 0 Å². The molecule has 8 heteroatoms. The molecule has 0 saturated heterocycles. The number of nitrogens with two attached hydrogens (primary N) is 1. The number of amides is 2. The van der Waals surface area contributed by atoms with Crippen LogP contribution in [0.3, 0.4) is 0 Å². The normalized spacial score (nSPS) is 11.2. The van der Waals surface area contributed by atoms with Crippen molar-refractivity contribution in [1.82, 2.24) is 4.90 Å². The molecule has 0 spiro atoms. The number of hydrogen-bond acceptors (Lipinski definition) is 3. The minimum absolute atomic E-state index is 0.0560. The Morgan fingerprint density at radius 1 is 1.53 bits per heavy atom. The number of oxime groups is 1. The summed E-state index contributed by atoms with van der Waals surface area (Å²) in [6, 6.07) is 4.41. The van der Waals surface area contributed by atoms with Crippen LogP contribution in [0.5, 0.6) is 0 Å². The number of benzene rings is 1. The van der Waals surface area contributed by atoms with Crippen LogP contribution in [-0.4, -0.2) is 35.6 Å². The van der Waals surface area contributed by atoms with Crippen molar-refractivity contribution in [2.75, 3.05) is 18.9 Å². The molecule has 0 aromatic heterocycles. The maximum absolute atomic E-state index is 11.8. The predicted octanol–water partition coefficient (Wildman–Crippen LogP) is 2.59. The molecule has 0 saturated carbocycles. The zero-order chi connectivity index (χ0) is 14.4. The third-order valence-electron chi connectivity index (χ3n) is 2.35. The molecule has 104 valence electrons. The van der Waals surface area contributed by atoms with Crippen LogP contribution < -0.4 is 11.1 Å². The van der Waals surface area contributed by atoms with Gasteiger partial charge in [0.15, 0.2) is 0 Å². The van der Waals surface area contributed by atoms with Gasteiger partial charge in [0, 0.05) is 25.0 Å². The van der Waals surface area contributed by atoms with E-state index in [1.54, 1.807) is 25.2 Å². The molecule has 6 nitrogen and oxygen atoms in total. The predicted molar refractivity (Wildman–Crippen MR) is 76.1 cm³/mol. The molecular weight excluding hydrogens is 291 g/mol. The molecule has 0 aliphatic rings. The van der Waals surface area contributed by atoms with Crippen LogP contribution in [-0.2, 0) is 0 Å². The molecule has 0 atom stereocenters.